The molecule has 1 heterocycles. The minimum Gasteiger partial charge on any atom is -0.469 e. The van der Waals surface area contributed by atoms with E-state index in [0.717, 1.165) is 24.7 Å². The highest BCUT2D eigenvalue weighted by molar-refractivity contribution is 6.62. The topological polar surface area (TPSA) is 44.8 Å². The Balaban J connectivity index is 1.49. The van der Waals surface area contributed by atoms with Crippen LogP contribution >= 0.6 is 0 Å². The van der Waals surface area contributed by atoms with Crippen molar-refractivity contribution in [2.75, 3.05) is 7.11 Å². The van der Waals surface area contributed by atoms with Crippen LogP contribution in [0.25, 0.3) is 0 Å². The molecule has 3 aliphatic rings. The molecule has 5 heteroatoms. The van der Waals surface area contributed by atoms with Crippen molar-refractivity contribution >= 4 is 18.6 Å². The van der Waals surface area contributed by atoms with Crippen molar-refractivity contribution in [3.05, 3.63) is 29.3 Å². The second-order valence-corrected chi connectivity index (χ2v) is 10.0. The quantitative estimate of drug-likeness (QED) is 0.585. The number of ether oxygens (including phenoxy) is 1. The maximum absolute atomic E-state index is 11.6. The molecule has 1 aliphatic heterocycles. The molecule has 28 heavy (non-hydrogen) atoms. The van der Waals surface area contributed by atoms with Gasteiger partial charge in [0.1, 0.15) is 0 Å². The highest BCUT2D eigenvalue weighted by Gasteiger charge is 2.52. The molecule has 0 aromatic heterocycles. The molecule has 1 saturated heterocycles. The molecule has 0 N–H and O–H groups in total. The fourth-order valence-electron chi connectivity index (χ4n) is 5.24. The lowest BCUT2D eigenvalue weighted by Gasteiger charge is -2.38. The van der Waals surface area contributed by atoms with Crippen molar-refractivity contribution in [1.82, 2.24) is 0 Å². The average Bonchev–Trinajstić information content (AvgIpc) is 3.11. The largest absolute Gasteiger partial charge is 0.494 e. The summed E-state index contributed by atoms with van der Waals surface area (Å²) in [4.78, 5) is 11.6. The van der Waals surface area contributed by atoms with Crippen LogP contribution in [-0.4, -0.2) is 31.4 Å². The van der Waals surface area contributed by atoms with Gasteiger partial charge in [-0.2, -0.15) is 0 Å². The van der Waals surface area contributed by atoms with Gasteiger partial charge in [-0.1, -0.05) is 18.2 Å². The number of carbonyl (C=O) groups is 1. The third kappa shape index (κ3) is 3.31. The van der Waals surface area contributed by atoms with E-state index in [4.69, 9.17) is 14.0 Å². The number of rotatable bonds is 3. The molecular formula is C23H33BO4. The zero-order valence-electron chi connectivity index (χ0n) is 18.0. The molecular weight excluding hydrogens is 351 g/mol. The Labute approximate surface area is 169 Å². The lowest BCUT2D eigenvalue weighted by atomic mass is 9.66. The van der Waals surface area contributed by atoms with Gasteiger partial charge >= 0.3 is 13.1 Å². The predicted molar refractivity (Wildman–Crippen MR) is 111 cm³/mol. The number of esters is 1. The van der Waals surface area contributed by atoms with Gasteiger partial charge in [0, 0.05) is 6.42 Å². The maximum atomic E-state index is 11.6. The van der Waals surface area contributed by atoms with Crippen LogP contribution in [0.2, 0.25) is 0 Å². The van der Waals surface area contributed by atoms with E-state index in [2.05, 4.69) is 45.9 Å². The molecule has 0 atom stereocenters. The molecule has 2 fully saturated rings. The molecule has 4 nitrogen and oxygen atoms in total. The van der Waals surface area contributed by atoms with Gasteiger partial charge in [-0.05, 0) is 94.1 Å². The molecule has 0 bridgehead atoms. The van der Waals surface area contributed by atoms with Crippen LogP contribution in [-0.2, 0) is 30.7 Å². The molecule has 1 aromatic carbocycles. The lowest BCUT2D eigenvalue weighted by molar-refractivity contribution is -0.142. The fraction of sp³-hybridized carbons (Fsp3) is 0.696. The molecule has 4 rings (SSSR count). The summed E-state index contributed by atoms with van der Waals surface area (Å²) in [5, 5.41) is 0. The van der Waals surface area contributed by atoms with E-state index in [1.54, 1.807) is 0 Å². The second kappa shape index (κ2) is 6.88. The predicted octanol–water partition coefficient (Wildman–Crippen LogP) is 3.92. The van der Waals surface area contributed by atoms with Gasteiger partial charge in [-0.15, -0.1) is 0 Å². The van der Waals surface area contributed by atoms with Crippen molar-refractivity contribution < 1.29 is 18.8 Å². The van der Waals surface area contributed by atoms with Crippen molar-refractivity contribution in [2.24, 2.45) is 5.92 Å². The van der Waals surface area contributed by atoms with E-state index >= 15 is 0 Å². The lowest BCUT2D eigenvalue weighted by Crippen LogP contribution is -2.41. The van der Waals surface area contributed by atoms with Gasteiger partial charge in [0.15, 0.2) is 0 Å². The molecule has 1 saturated carbocycles. The Kier molecular flexibility index (Phi) is 4.90. The smallest absolute Gasteiger partial charge is 0.469 e. The van der Waals surface area contributed by atoms with Gasteiger partial charge in [0.25, 0.3) is 0 Å². The Hall–Kier alpha value is -1.33. The first-order valence-corrected chi connectivity index (χ1v) is 10.7. The molecule has 0 amide bonds. The third-order valence-corrected chi connectivity index (χ3v) is 7.84. The number of hydrogen-bond donors (Lipinski definition) is 0. The summed E-state index contributed by atoms with van der Waals surface area (Å²) in [5.41, 5.74) is 3.79. The van der Waals surface area contributed by atoms with E-state index in [9.17, 15) is 4.79 Å². The molecule has 1 aromatic rings. The Morgan fingerprint density at radius 1 is 1.11 bits per heavy atom. The van der Waals surface area contributed by atoms with Crippen molar-refractivity contribution in [3.8, 4) is 0 Å². The first kappa shape index (κ1) is 20.0. The summed E-state index contributed by atoms with van der Waals surface area (Å²) in [7, 11) is 1.19. The highest BCUT2D eigenvalue weighted by Crippen LogP contribution is 2.50. The first-order chi connectivity index (χ1) is 13.2. The third-order valence-electron chi connectivity index (χ3n) is 7.84. The molecule has 0 unspecified atom stereocenters. The number of hydrogen-bond acceptors (Lipinski definition) is 4. The molecule has 1 spiro atoms. The Morgan fingerprint density at radius 2 is 1.75 bits per heavy atom. The highest BCUT2D eigenvalue weighted by atomic mass is 16.7. The van der Waals surface area contributed by atoms with Crippen LogP contribution < -0.4 is 5.46 Å². The number of benzene rings is 1. The van der Waals surface area contributed by atoms with Crippen molar-refractivity contribution in [3.63, 3.8) is 0 Å². The van der Waals surface area contributed by atoms with Crippen LogP contribution in [0.5, 0.6) is 0 Å². The zero-order chi connectivity index (χ0) is 20.2. The Morgan fingerprint density at radius 3 is 2.36 bits per heavy atom. The fourth-order valence-corrected chi connectivity index (χ4v) is 5.24. The summed E-state index contributed by atoms with van der Waals surface area (Å²) in [6, 6.07) is 6.84. The summed E-state index contributed by atoms with van der Waals surface area (Å²) in [6.45, 7) is 8.40. The number of fused-ring (bicyclic) bond motifs is 2. The van der Waals surface area contributed by atoms with E-state index in [0.29, 0.717) is 17.8 Å². The van der Waals surface area contributed by atoms with Crippen LogP contribution in [0.3, 0.4) is 0 Å². The van der Waals surface area contributed by atoms with Crippen LogP contribution in [0.15, 0.2) is 18.2 Å². The first-order valence-electron chi connectivity index (χ1n) is 10.7. The minimum atomic E-state index is -0.310. The zero-order valence-corrected chi connectivity index (χ0v) is 18.0. The van der Waals surface area contributed by atoms with Crippen molar-refractivity contribution in [1.29, 1.82) is 0 Å². The summed E-state index contributed by atoms with van der Waals surface area (Å²) < 4.78 is 17.3. The van der Waals surface area contributed by atoms with Crippen LogP contribution in [0, 0.1) is 5.92 Å². The van der Waals surface area contributed by atoms with E-state index in [1.807, 2.05) is 0 Å². The maximum Gasteiger partial charge on any atom is 0.494 e. The van der Waals surface area contributed by atoms with Gasteiger partial charge in [-0.3, -0.25) is 4.79 Å². The van der Waals surface area contributed by atoms with Gasteiger partial charge in [0.2, 0.25) is 0 Å². The average molecular weight is 384 g/mol. The molecule has 152 valence electrons. The summed E-state index contributed by atoms with van der Waals surface area (Å²) in [5.74, 6) is 0.408. The molecule has 2 aliphatic carbocycles. The van der Waals surface area contributed by atoms with Crippen molar-refractivity contribution in [2.45, 2.75) is 89.3 Å². The van der Waals surface area contributed by atoms with Crippen LogP contribution in [0.4, 0.5) is 0 Å². The number of methoxy groups -OCH3 is 1. The van der Waals surface area contributed by atoms with E-state index < -0.39 is 0 Å². The second-order valence-electron chi connectivity index (χ2n) is 10.0. The SMILES string of the molecule is COC(=O)CC1CCC2(CCc3cc(B4OC(C)(C)C(C)(C)O4)ccc32)CC1. The van der Waals surface area contributed by atoms with E-state index in [1.165, 1.54) is 37.5 Å². The Bertz CT molecular complexity index is 746. The summed E-state index contributed by atoms with van der Waals surface area (Å²) >= 11 is 0. The van der Waals surface area contributed by atoms with Gasteiger partial charge < -0.3 is 14.0 Å². The van der Waals surface area contributed by atoms with E-state index in [-0.39, 0.29) is 24.3 Å². The minimum absolute atomic E-state index is 0.0696. The van der Waals surface area contributed by atoms with Gasteiger partial charge in [-0.25, -0.2) is 0 Å². The monoisotopic (exact) mass is 384 g/mol. The van der Waals surface area contributed by atoms with Crippen LogP contribution in [0.1, 0.15) is 77.3 Å². The normalized spacial score (nSPS) is 30.5. The van der Waals surface area contributed by atoms with Gasteiger partial charge in [0.05, 0.1) is 18.3 Å². The summed E-state index contributed by atoms with van der Waals surface area (Å²) in [6.07, 6.45) is 7.51. The number of aryl methyl sites for hydroxylation is 1. The standard InChI is InChI=1S/C23H33BO4/c1-21(2)22(3,4)28-24(27-21)18-6-7-19-17(15-18)10-13-23(19)11-8-16(9-12-23)14-20(25)26-5/h6-7,15-16H,8-14H2,1-5H3. The molecule has 0 radical (unpaired) electrons. The number of carbonyl (C=O) groups excluding carboxylic acids is 1.